The van der Waals surface area contributed by atoms with Crippen LogP contribution in [0.1, 0.15) is 31.7 Å². The minimum atomic E-state index is -0.431. The summed E-state index contributed by atoms with van der Waals surface area (Å²) in [5.74, 6) is 0.162. The number of hydrogen-bond acceptors (Lipinski definition) is 1. The Hall–Kier alpha value is -1.34. The number of benzene rings is 1. The highest BCUT2D eigenvalue weighted by atomic mass is 16.3. The highest BCUT2D eigenvalue weighted by Gasteiger charge is 2.11. The molecular weight excluding hydrogens is 208 g/mol. The van der Waals surface area contributed by atoms with Crippen LogP contribution >= 0.6 is 0 Å². The molecule has 1 N–H and O–H groups in total. The molecule has 92 valence electrons. The minimum Gasteiger partial charge on any atom is -0.388 e. The number of aliphatic hydroxyl groups excluding tert-OH is 1. The summed E-state index contributed by atoms with van der Waals surface area (Å²) in [6.45, 7) is 5.96. The molecule has 0 unspecified atom stereocenters. The van der Waals surface area contributed by atoms with E-state index in [0.717, 1.165) is 24.8 Å². The van der Waals surface area contributed by atoms with Crippen molar-refractivity contribution in [2.75, 3.05) is 0 Å². The molecule has 1 nitrogen and oxygen atoms in total. The van der Waals surface area contributed by atoms with E-state index in [1.54, 1.807) is 0 Å². The molecule has 0 aliphatic heterocycles. The van der Waals surface area contributed by atoms with E-state index in [1.165, 1.54) is 0 Å². The van der Waals surface area contributed by atoms with E-state index in [2.05, 4.69) is 13.5 Å². The zero-order valence-corrected chi connectivity index (χ0v) is 10.5. The summed E-state index contributed by atoms with van der Waals surface area (Å²) in [6, 6.07) is 10.0. The quantitative estimate of drug-likeness (QED) is 0.700. The molecule has 1 heteroatoms. The van der Waals surface area contributed by atoms with Crippen LogP contribution in [-0.2, 0) is 0 Å². The van der Waals surface area contributed by atoms with Gasteiger partial charge in [-0.15, -0.1) is 6.58 Å². The Morgan fingerprint density at radius 3 is 2.59 bits per heavy atom. The van der Waals surface area contributed by atoms with Crippen molar-refractivity contribution in [3.05, 3.63) is 54.6 Å². The van der Waals surface area contributed by atoms with Gasteiger partial charge in [0.25, 0.3) is 0 Å². The van der Waals surface area contributed by atoms with Gasteiger partial charge in [-0.1, -0.05) is 68.3 Å². The van der Waals surface area contributed by atoms with Crippen molar-refractivity contribution >= 4 is 6.08 Å². The maximum Gasteiger partial charge on any atom is 0.0786 e. The van der Waals surface area contributed by atoms with Gasteiger partial charge in [-0.3, -0.25) is 0 Å². The van der Waals surface area contributed by atoms with Crippen molar-refractivity contribution in [3.8, 4) is 0 Å². The number of rotatable bonds is 7. The molecule has 0 spiro atoms. The third-order valence-electron chi connectivity index (χ3n) is 2.92. The summed E-state index contributed by atoms with van der Waals surface area (Å²) in [7, 11) is 0. The van der Waals surface area contributed by atoms with Crippen LogP contribution in [-0.4, -0.2) is 11.2 Å². The van der Waals surface area contributed by atoms with Gasteiger partial charge in [-0.2, -0.15) is 0 Å². The number of hydrogen-bond donors (Lipinski definition) is 1. The van der Waals surface area contributed by atoms with E-state index in [0.29, 0.717) is 0 Å². The Morgan fingerprint density at radius 2 is 2.00 bits per heavy atom. The van der Waals surface area contributed by atoms with Crippen LogP contribution in [0.5, 0.6) is 0 Å². The van der Waals surface area contributed by atoms with Crippen LogP contribution in [0.4, 0.5) is 0 Å². The Bertz CT molecular complexity index is 340. The number of aliphatic hydroxyl groups is 1. The smallest absolute Gasteiger partial charge is 0.0786 e. The lowest BCUT2D eigenvalue weighted by Gasteiger charge is -2.15. The molecule has 0 heterocycles. The minimum absolute atomic E-state index is 0.162. The molecule has 0 bridgehead atoms. The highest BCUT2D eigenvalue weighted by Crippen LogP contribution is 2.16. The third kappa shape index (κ3) is 5.01. The summed E-state index contributed by atoms with van der Waals surface area (Å²) < 4.78 is 0. The Balaban J connectivity index is 2.54. The van der Waals surface area contributed by atoms with Crippen molar-refractivity contribution in [1.29, 1.82) is 0 Å². The summed E-state index contributed by atoms with van der Waals surface area (Å²) in [5, 5.41) is 10.0. The van der Waals surface area contributed by atoms with E-state index >= 15 is 0 Å². The van der Waals surface area contributed by atoms with Crippen LogP contribution in [0.3, 0.4) is 0 Å². The Morgan fingerprint density at radius 1 is 1.29 bits per heavy atom. The normalized spacial score (nSPS) is 14.7. The predicted octanol–water partition coefficient (Wildman–Crippen LogP) is 4.05. The molecule has 0 saturated heterocycles. The molecule has 17 heavy (non-hydrogen) atoms. The largest absolute Gasteiger partial charge is 0.388 e. The molecule has 0 aliphatic carbocycles. The van der Waals surface area contributed by atoms with Crippen molar-refractivity contribution in [2.45, 2.75) is 32.3 Å². The lowest BCUT2D eigenvalue weighted by molar-refractivity contribution is 0.171. The average Bonchev–Trinajstić information content (AvgIpc) is 2.38. The summed E-state index contributed by atoms with van der Waals surface area (Å²) in [4.78, 5) is 0. The molecule has 0 aliphatic rings. The van der Waals surface area contributed by atoms with Gasteiger partial charge in [-0.25, -0.2) is 0 Å². The van der Waals surface area contributed by atoms with Crippen LogP contribution in [0.25, 0.3) is 6.08 Å². The molecule has 0 amide bonds. The second-order valence-corrected chi connectivity index (χ2v) is 4.30. The molecule has 0 saturated carbocycles. The zero-order chi connectivity index (χ0) is 12.5. The first-order chi connectivity index (χ1) is 8.27. The van der Waals surface area contributed by atoms with Gasteiger partial charge in [0.2, 0.25) is 0 Å². The van der Waals surface area contributed by atoms with E-state index in [1.807, 2.05) is 48.6 Å². The molecule has 1 rings (SSSR count). The summed E-state index contributed by atoms with van der Waals surface area (Å²) in [5.41, 5.74) is 1.12. The van der Waals surface area contributed by atoms with Gasteiger partial charge < -0.3 is 5.11 Å². The lowest BCUT2D eigenvalue weighted by atomic mass is 9.95. The van der Waals surface area contributed by atoms with Crippen LogP contribution in [0, 0.1) is 5.92 Å². The van der Waals surface area contributed by atoms with Crippen molar-refractivity contribution < 1.29 is 5.11 Å². The first-order valence-electron chi connectivity index (χ1n) is 6.31. The van der Waals surface area contributed by atoms with Crippen LogP contribution < -0.4 is 0 Å². The van der Waals surface area contributed by atoms with Gasteiger partial charge in [-0.05, 0) is 12.0 Å². The highest BCUT2D eigenvalue weighted by molar-refractivity contribution is 5.49. The maximum absolute atomic E-state index is 10.0. The lowest BCUT2D eigenvalue weighted by Crippen LogP contribution is -2.15. The van der Waals surface area contributed by atoms with Gasteiger partial charge in [0.1, 0.15) is 0 Å². The van der Waals surface area contributed by atoms with Gasteiger partial charge in [0, 0.05) is 5.92 Å². The molecule has 1 aromatic rings. The van der Waals surface area contributed by atoms with Crippen LogP contribution in [0.2, 0.25) is 0 Å². The van der Waals surface area contributed by atoms with E-state index in [4.69, 9.17) is 0 Å². The standard InChI is InChI=1S/C16H22O/c1-3-5-11-15(4-2)16(17)13-12-14-9-7-6-8-10-14/h4,6-10,12-13,15-17H,2-3,5,11H2,1H3/b13-12+/t15-,16-/m0/s1. The van der Waals surface area contributed by atoms with Crippen molar-refractivity contribution in [1.82, 2.24) is 0 Å². The number of unbranched alkanes of at least 4 members (excludes halogenated alkanes) is 1. The average molecular weight is 230 g/mol. The Kier molecular flexibility index (Phi) is 6.34. The summed E-state index contributed by atoms with van der Waals surface area (Å²) >= 11 is 0. The van der Waals surface area contributed by atoms with E-state index in [-0.39, 0.29) is 5.92 Å². The summed E-state index contributed by atoms with van der Waals surface area (Å²) in [6.07, 6.45) is 8.53. The van der Waals surface area contributed by atoms with Gasteiger partial charge in [0.05, 0.1) is 6.10 Å². The van der Waals surface area contributed by atoms with Gasteiger partial charge in [0.15, 0.2) is 0 Å². The molecule has 2 atom stereocenters. The topological polar surface area (TPSA) is 20.2 Å². The van der Waals surface area contributed by atoms with Gasteiger partial charge >= 0.3 is 0 Å². The molecule has 1 aromatic carbocycles. The van der Waals surface area contributed by atoms with Crippen molar-refractivity contribution in [3.63, 3.8) is 0 Å². The first kappa shape index (κ1) is 13.7. The third-order valence-corrected chi connectivity index (χ3v) is 2.92. The predicted molar refractivity (Wildman–Crippen MR) is 74.7 cm³/mol. The van der Waals surface area contributed by atoms with E-state index in [9.17, 15) is 5.11 Å². The molecular formula is C16H22O. The molecule has 0 radical (unpaired) electrons. The fourth-order valence-corrected chi connectivity index (χ4v) is 1.78. The second-order valence-electron chi connectivity index (χ2n) is 4.30. The van der Waals surface area contributed by atoms with Crippen LogP contribution in [0.15, 0.2) is 49.1 Å². The fourth-order valence-electron chi connectivity index (χ4n) is 1.78. The zero-order valence-electron chi connectivity index (χ0n) is 10.5. The van der Waals surface area contributed by atoms with Crippen molar-refractivity contribution in [2.24, 2.45) is 5.92 Å². The monoisotopic (exact) mass is 230 g/mol. The second kappa shape index (κ2) is 7.86. The maximum atomic E-state index is 10.0. The van der Waals surface area contributed by atoms with E-state index < -0.39 is 6.10 Å². The first-order valence-corrected chi connectivity index (χ1v) is 6.31. The fraction of sp³-hybridized carbons (Fsp3) is 0.375. The SMILES string of the molecule is C=C[C@@H](CCCC)[C@@H](O)/C=C/c1ccccc1. The molecule has 0 fully saturated rings. The molecule has 0 aromatic heterocycles. The Labute approximate surface area is 104 Å².